The van der Waals surface area contributed by atoms with Crippen molar-refractivity contribution < 1.29 is 14.9 Å². The van der Waals surface area contributed by atoms with Gasteiger partial charge in [-0.2, -0.15) is 0 Å². The number of hydrogen-bond donors (Lipinski definition) is 2. The van der Waals surface area contributed by atoms with Crippen molar-refractivity contribution in [2.75, 3.05) is 6.61 Å². The number of hydrogen-bond acceptors (Lipinski definition) is 3. The van der Waals surface area contributed by atoms with Crippen LogP contribution in [0.25, 0.3) is 0 Å². The molecule has 3 nitrogen and oxygen atoms in total. The van der Waals surface area contributed by atoms with E-state index in [1.807, 2.05) is 0 Å². The van der Waals surface area contributed by atoms with E-state index in [-0.39, 0.29) is 11.5 Å². The Bertz CT molecular complexity index is 624. The number of aromatic hydroxyl groups is 2. The largest absolute Gasteiger partial charge is 0.504 e. The predicted octanol–water partition coefficient (Wildman–Crippen LogP) is 9.43. The fraction of sp³-hybridized carbons (Fsp3) is 0.800. The van der Waals surface area contributed by atoms with Crippen molar-refractivity contribution in [1.82, 2.24) is 0 Å². The van der Waals surface area contributed by atoms with Crippen molar-refractivity contribution in [3.05, 3.63) is 16.7 Å². The fourth-order valence-electron chi connectivity index (χ4n) is 4.77. The second-order valence-corrected chi connectivity index (χ2v) is 9.80. The van der Waals surface area contributed by atoms with Gasteiger partial charge in [0.15, 0.2) is 11.5 Å². The molecule has 0 heterocycles. The Labute approximate surface area is 205 Å². The van der Waals surface area contributed by atoms with Gasteiger partial charge in [0, 0.05) is 11.1 Å². The summed E-state index contributed by atoms with van der Waals surface area (Å²) in [6.45, 7) is 9.39. The monoisotopic (exact) mass is 462 g/mol. The van der Waals surface area contributed by atoms with E-state index in [9.17, 15) is 10.2 Å². The van der Waals surface area contributed by atoms with E-state index in [0.29, 0.717) is 12.4 Å². The zero-order valence-electron chi connectivity index (χ0n) is 22.4. The summed E-state index contributed by atoms with van der Waals surface area (Å²) in [5.41, 5.74) is 3.44. The molecule has 0 aliphatic heterocycles. The van der Waals surface area contributed by atoms with Gasteiger partial charge in [0.25, 0.3) is 0 Å². The van der Waals surface area contributed by atoms with Gasteiger partial charge in [0.1, 0.15) is 0 Å². The van der Waals surface area contributed by atoms with Crippen molar-refractivity contribution in [3.63, 3.8) is 0 Å². The molecule has 0 saturated heterocycles. The molecule has 0 fully saturated rings. The minimum Gasteiger partial charge on any atom is -0.504 e. The Morgan fingerprint density at radius 2 is 0.879 bits per heavy atom. The molecular weight excluding hydrogens is 408 g/mol. The summed E-state index contributed by atoms with van der Waals surface area (Å²) >= 11 is 0. The van der Waals surface area contributed by atoms with Gasteiger partial charge in [-0.3, -0.25) is 0 Å². The van der Waals surface area contributed by atoms with Crippen molar-refractivity contribution in [1.29, 1.82) is 0 Å². The summed E-state index contributed by atoms with van der Waals surface area (Å²) in [6, 6.07) is 0. The number of ether oxygens (including phenoxy) is 1. The summed E-state index contributed by atoms with van der Waals surface area (Å²) < 4.78 is 6.06. The Balaban J connectivity index is 3.18. The van der Waals surface area contributed by atoms with E-state index in [1.165, 1.54) is 88.2 Å². The van der Waals surface area contributed by atoms with Crippen molar-refractivity contribution in [2.45, 2.75) is 150 Å². The van der Waals surface area contributed by atoms with Gasteiger partial charge in [-0.05, 0) is 50.5 Å². The lowest BCUT2D eigenvalue weighted by Gasteiger charge is -2.22. The molecule has 0 aliphatic rings. The van der Waals surface area contributed by atoms with Crippen LogP contribution in [-0.2, 0) is 19.3 Å². The number of benzene rings is 1. The first kappa shape index (κ1) is 29.7. The van der Waals surface area contributed by atoms with Gasteiger partial charge >= 0.3 is 0 Å². The summed E-state index contributed by atoms with van der Waals surface area (Å²) in [7, 11) is 0. The quantitative estimate of drug-likeness (QED) is 0.141. The van der Waals surface area contributed by atoms with Gasteiger partial charge in [0.2, 0.25) is 5.75 Å². The molecule has 1 aromatic carbocycles. The van der Waals surface area contributed by atoms with Crippen LogP contribution < -0.4 is 4.74 Å². The molecule has 33 heavy (non-hydrogen) atoms. The Morgan fingerprint density at radius 3 is 1.33 bits per heavy atom. The lowest BCUT2D eigenvalue weighted by molar-refractivity contribution is 0.287. The van der Waals surface area contributed by atoms with Gasteiger partial charge in [-0.1, -0.05) is 105 Å². The maximum absolute atomic E-state index is 11.0. The fourth-order valence-corrected chi connectivity index (χ4v) is 4.77. The van der Waals surface area contributed by atoms with Crippen LogP contribution in [0.2, 0.25) is 0 Å². The van der Waals surface area contributed by atoms with Crippen LogP contribution in [0.4, 0.5) is 0 Å². The molecule has 0 spiro atoms. The van der Waals surface area contributed by atoms with Crippen LogP contribution in [-0.4, -0.2) is 16.8 Å². The van der Waals surface area contributed by atoms with E-state index in [0.717, 1.165) is 50.5 Å². The average Bonchev–Trinajstić information content (AvgIpc) is 2.82. The van der Waals surface area contributed by atoms with Gasteiger partial charge in [-0.15, -0.1) is 0 Å². The number of phenolic OH excluding ortho intramolecular Hbond substituents is 2. The molecule has 0 radical (unpaired) electrons. The summed E-state index contributed by atoms with van der Waals surface area (Å²) in [4.78, 5) is 0. The maximum Gasteiger partial charge on any atom is 0.201 e. The van der Waals surface area contributed by atoms with Crippen molar-refractivity contribution in [2.24, 2.45) is 0 Å². The van der Waals surface area contributed by atoms with Crippen molar-refractivity contribution >= 4 is 0 Å². The first-order valence-corrected chi connectivity index (χ1v) is 14.3. The minimum atomic E-state index is -0.0229. The molecule has 0 aromatic heterocycles. The molecule has 2 N–H and O–H groups in total. The third-order valence-corrected chi connectivity index (χ3v) is 6.77. The van der Waals surface area contributed by atoms with E-state index >= 15 is 0 Å². The normalized spacial score (nSPS) is 11.3. The lowest BCUT2D eigenvalue weighted by Crippen LogP contribution is -2.08. The van der Waals surface area contributed by atoms with Crippen LogP contribution in [0.3, 0.4) is 0 Å². The second kappa shape index (κ2) is 19.0. The van der Waals surface area contributed by atoms with E-state index in [2.05, 4.69) is 27.7 Å². The van der Waals surface area contributed by atoms with Crippen LogP contribution >= 0.6 is 0 Å². The van der Waals surface area contributed by atoms with Gasteiger partial charge in [-0.25, -0.2) is 0 Å². The zero-order valence-corrected chi connectivity index (χ0v) is 22.4. The van der Waals surface area contributed by atoms with E-state index in [4.69, 9.17) is 4.74 Å². The number of unbranched alkanes of at least 4 members (excludes halogenated alkanes) is 12. The molecule has 1 rings (SSSR count). The van der Waals surface area contributed by atoms with Crippen LogP contribution in [0.15, 0.2) is 0 Å². The molecule has 0 saturated carbocycles. The molecule has 192 valence electrons. The highest BCUT2D eigenvalue weighted by Gasteiger charge is 2.24. The minimum absolute atomic E-state index is 0.0229. The Morgan fingerprint density at radius 1 is 0.455 bits per heavy atom. The number of phenols is 2. The topological polar surface area (TPSA) is 49.7 Å². The molecule has 0 amide bonds. The summed E-state index contributed by atoms with van der Waals surface area (Å²) in [5.74, 6) is 0.614. The highest BCUT2D eigenvalue weighted by molar-refractivity contribution is 5.62. The number of rotatable bonds is 21. The van der Waals surface area contributed by atoms with Crippen LogP contribution in [0.5, 0.6) is 17.2 Å². The third kappa shape index (κ3) is 11.1. The first-order valence-electron chi connectivity index (χ1n) is 14.3. The average molecular weight is 463 g/mol. The van der Waals surface area contributed by atoms with Gasteiger partial charge < -0.3 is 14.9 Å². The van der Waals surface area contributed by atoms with Crippen molar-refractivity contribution in [3.8, 4) is 17.2 Å². The van der Waals surface area contributed by atoms with Gasteiger partial charge in [0.05, 0.1) is 6.61 Å². The first-order chi connectivity index (χ1) is 16.1. The van der Waals surface area contributed by atoms with E-state index < -0.39 is 0 Å². The lowest BCUT2D eigenvalue weighted by atomic mass is 9.88. The highest BCUT2D eigenvalue weighted by Crippen LogP contribution is 2.46. The molecule has 1 aromatic rings. The third-order valence-electron chi connectivity index (χ3n) is 6.77. The molecule has 0 bridgehead atoms. The molecule has 0 aliphatic carbocycles. The second-order valence-electron chi connectivity index (χ2n) is 9.80. The molecule has 0 unspecified atom stereocenters. The standard InChI is InChI=1S/C30H54O3/c1-5-9-12-15-18-21-25-26(22-19-16-13-10-6-2)28(31)29(32)30(33-24-8-4)27(25)23-20-17-14-11-7-3/h31-32H,5-24H2,1-4H3. The molecular formula is C30H54O3. The maximum atomic E-state index is 11.0. The molecule has 3 heteroatoms. The summed E-state index contributed by atoms with van der Waals surface area (Å²) in [5, 5.41) is 22.0. The summed E-state index contributed by atoms with van der Waals surface area (Å²) in [6.07, 6.45) is 22.0. The van der Waals surface area contributed by atoms with Crippen LogP contribution in [0.1, 0.15) is 147 Å². The Kier molecular flexibility index (Phi) is 17.1. The predicted molar refractivity (Wildman–Crippen MR) is 143 cm³/mol. The smallest absolute Gasteiger partial charge is 0.201 e. The molecule has 0 atom stereocenters. The highest BCUT2D eigenvalue weighted by atomic mass is 16.5. The van der Waals surface area contributed by atoms with Crippen LogP contribution in [0, 0.1) is 0 Å². The SMILES string of the molecule is CCCCCCCc1c(O)c(O)c(OCCC)c(CCCCCCC)c1CCCCCCC. The zero-order chi connectivity index (χ0) is 24.3. The Hall–Kier alpha value is -1.38. The van der Waals surface area contributed by atoms with E-state index in [1.54, 1.807) is 0 Å².